The monoisotopic (exact) mass is 365 g/mol. The molecule has 3 rings (SSSR count). The Morgan fingerprint density at radius 2 is 2.13 bits per heavy atom. The highest BCUT2D eigenvalue weighted by Crippen LogP contribution is 2.19. The SMILES string of the molecule is O=C(NCCSc1ccc(Cl)cc1)c1cnc2sccn2c1=O. The Kier molecular flexibility index (Phi) is 5.00. The molecular formula is C15H12ClN3O2S2. The first-order valence-electron chi connectivity index (χ1n) is 6.76. The van der Waals surface area contributed by atoms with Crippen molar-refractivity contribution in [1.29, 1.82) is 0 Å². The first-order valence-corrected chi connectivity index (χ1v) is 9.01. The van der Waals surface area contributed by atoms with Gasteiger partial charge in [-0.2, -0.15) is 0 Å². The van der Waals surface area contributed by atoms with Crippen LogP contribution in [0.25, 0.3) is 4.96 Å². The number of aromatic nitrogens is 2. The Morgan fingerprint density at radius 3 is 2.91 bits per heavy atom. The topological polar surface area (TPSA) is 63.5 Å². The molecule has 0 aliphatic rings. The number of thioether (sulfide) groups is 1. The summed E-state index contributed by atoms with van der Waals surface area (Å²) in [5.74, 6) is 0.294. The Labute approximate surface area is 145 Å². The molecule has 5 nitrogen and oxygen atoms in total. The van der Waals surface area contributed by atoms with E-state index < -0.39 is 5.91 Å². The first-order chi connectivity index (χ1) is 11.1. The van der Waals surface area contributed by atoms with Crippen molar-refractivity contribution in [3.05, 3.63) is 63.0 Å². The number of hydrogen-bond acceptors (Lipinski definition) is 5. The summed E-state index contributed by atoms with van der Waals surface area (Å²) in [6.07, 6.45) is 2.94. The third-order valence-electron chi connectivity index (χ3n) is 3.06. The summed E-state index contributed by atoms with van der Waals surface area (Å²) in [5.41, 5.74) is -0.295. The number of thiazole rings is 1. The third-order valence-corrected chi connectivity index (χ3v) is 5.09. The lowest BCUT2D eigenvalue weighted by Gasteiger charge is -2.05. The predicted molar refractivity (Wildman–Crippen MR) is 93.8 cm³/mol. The number of benzene rings is 1. The van der Waals surface area contributed by atoms with Crippen molar-refractivity contribution in [2.24, 2.45) is 0 Å². The number of amides is 1. The fourth-order valence-corrected chi connectivity index (χ4v) is 3.51. The van der Waals surface area contributed by atoms with Gasteiger partial charge in [-0.05, 0) is 24.3 Å². The van der Waals surface area contributed by atoms with Crippen LogP contribution in [-0.2, 0) is 0 Å². The molecule has 2 aromatic heterocycles. The second-order valence-corrected chi connectivity index (χ2v) is 7.07. The van der Waals surface area contributed by atoms with E-state index in [1.54, 1.807) is 23.3 Å². The Bertz CT molecular complexity index is 890. The van der Waals surface area contributed by atoms with E-state index in [0.29, 0.717) is 22.3 Å². The number of carbonyl (C=O) groups excluding carboxylic acids is 1. The van der Waals surface area contributed by atoms with Crippen molar-refractivity contribution in [3.8, 4) is 0 Å². The van der Waals surface area contributed by atoms with Gasteiger partial charge in [-0.1, -0.05) is 11.6 Å². The molecule has 118 valence electrons. The zero-order valence-electron chi connectivity index (χ0n) is 11.9. The second-order valence-electron chi connectivity index (χ2n) is 4.59. The van der Waals surface area contributed by atoms with Crippen LogP contribution in [0.2, 0.25) is 5.02 Å². The van der Waals surface area contributed by atoms with Crippen LogP contribution in [0.1, 0.15) is 10.4 Å². The largest absolute Gasteiger partial charge is 0.351 e. The number of fused-ring (bicyclic) bond motifs is 1. The summed E-state index contributed by atoms with van der Waals surface area (Å²) in [6.45, 7) is 0.456. The second kappa shape index (κ2) is 7.16. The van der Waals surface area contributed by atoms with E-state index in [9.17, 15) is 9.59 Å². The number of hydrogen-bond donors (Lipinski definition) is 1. The molecule has 1 amide bonds. The molecule has 1 N–H and O–H groups in total. The normalized spacial score (nSPS) is 10.8. The Hall–Kier alpha value is -1.83. The fraction of sp³-hybridized carbons (Fsp3) is 0.133. The molecule has 0 aliphatic carbocycles. The first kappa shape index (κ1) is 16.0. The van der Waals surface area contributed by atoms with Gasteiger partial charge in [0.05, 0.1) is 0 Å². The van der Waals surface area contributed by atoms with Crippen LogP contribution in [0.4, 0.5) is 0 Å². The van der Waals surface area contributed by atoms with Crippen molar-refractivity contribution in [3.63, 3.8) is 0 Å². The summed E-state index contributed by atoms with van der Waals surface area (Å²) in [6, 6.07) is 7.50. The maximum atomic E-state index is 12.2. The van der Waals surface area contributed by atoms with Crippen LogP contribution in [0.3, 0.4) is 0 Å². The van der Waals surface area contributed by atoms with Crippen LogP contribution in [0.15, 0.2) is 51.7 Å². The molecule has 1 aromatic carbocycles. The molecule has 0 aliphatic heterocycles. The van der Waals surface area contributed by atoms with Gasteiger partial charge in [0.25, 0.3) is 11.5 Å². The summed E-state index contributed by atoms with van der Waals surface area (Å²) in [7, 11) is 0. The Balaban J connectivity index is 1.57. The van der Waals surface area contributed by atoms with Gasteiger partial charge in [0.15, 0.2) is 4.96 Å². The minimum Gasteiger partial charge on any atom is -0.351 e. The average Bonchev–Trinajstić information content (AvgIpc) is 3.03. The van der Waals surface area contributed by atoms with Gasteiger partial charge in [-0.15, -0.1) is 23.1 Å². The number of carbonyl (C=O) groups is 1. The van der Waals surface area contributed by atoms with Gasteiger partial charge in [0.2, 0.25) is 0 Å². The lowest BCUT2D eigenvalue weighted by atomic mass is 10.3. The highest BCUT2D eigenvalue weighted by Gasteiger charge is 2.13. The van der Waals surface area contributed by atoms with E-state index in [2.05, 4.69) is 10.3 Å². The van der Waals surface area contributed by atoms with Gasteiger partial charge >= 0.3 is 0 Å². The van der Waals surface area contributed by atoms with Crippen LogP contribution >= 0.6 is 34.7 Å². The summed E-state index contributed by atoms with van der Waals surface area (Å²) >= 11 is 8.78. The quantitative estimate of drug-likeness (QED) is 0.557. The molecule has 0 fully saturated rings. The van der Waals surface area contributed by atoms with Gasteiger partial charge in [0.1, 0.15) is 5.56 Å². The fourth-order valence-electron chi connectivity index (χ4n) is 1.94. The molecule has 3 aromatic rings. The van der Waals surface area contributed by atoms with Gasteiger partial charge in [-0.25, -0.2) is 4.98 Å². The number of nitrogens with zero attached hydrogens (tertiary/aromatic N) is 2. The summed E-state index contributed by atoms with van der Waals surface area (Å²) in [5, 5.41) is 5.19. The van der Waals surface area contributed by atoms with E-state index >= 15 is 0 Å². The maximum Gasteiger partial charge on any atom is 0.271 e. The van der Waals surface area contributed by atoms with Crippen molar-refractivity contribution < 1.29 is 4.79 Å². The van der Waals surface area contributed by atoms with Crippen LogP contribution in [0.5, 0.6) is 0 Å². The summed E-state index contributed by atoms with van der Waals surface area (Å²) < 4.78 is 1.38. The number of nitrogens with one attached hydrogen (secondary N) is 1. The van der Waals surface area contributed by atoms with Gasteiger partial charge < -0.3 is 5.32 Å². The van der Waals surface area contributed by atoms with E-state index in [1.807, 2.05) is 24.3 Å². The van der Waals surface area contributed by atoms with E-state index in [4.69, 9.17) is 11.6 Å². The zero-order chi connectivity index (χ0) is 16.2. The van der Waals surface area contributed by atoms with E-state index in [-0.39, 0.29) is 11.1 Å². The predicted octanol–water partition coefficient (Wildman–Crippen LogP) is 2.93. The molecule has 0 atom stereocenters. The summed E-state index contributed by atoms with van der Waals surface area (Å²) in [4.78, 5) is 30.0. The van der Waals surface area contributed by atoms with Gasteiger partial charge in [-0.3, -0.25) is 14.0 Å². The number of halogens is 1. The van der Waals surface area contributed by atoms with Crippen molar-refractivity contribution in [2.45, 2.75) is 4.90 Å². The highest BCUT2D eigenvalue weighted by atomic mass is 35.5. The van der Waals surface area contributed by atoms with Crippen LogP contribution in [0, 0.1) is 0 Å². The lowest BCUT2D eigenvalue weighted by Crippen LogP contribution is -2.32. The standard InChI is InChI=1S/C15H12ClN3O2S2/c16-10-1-3-11(4-2-10)22-7-5-17-13(20)12-9-18-15-19(14(12)21)6-8-23-15/h1-4,6,8-9H,5,7H2,(H,17,20). The minimum atomic E-state index is -0.403. The van der Waals surface area contributed by atoms with Crippen LogP contribution in [-0.4, -0.2) is 27.6 Å². The molecular weight excluding hydrogens is 354 g/mol. The number of rotatable bonds is 5. The van der Waals surface area contributed by atoms with Crippen LogP contribution < -0.4 is 10.9 Å². The van der Waals surface area contributed by atoms with E-state index in [0.717, 1.165) is 4.90 Å². The molecule has 0 unspecified atom stereocenters. The molecule has 0 saturated heterocycles. The van der Waals surface area contributed by atoms with E-state index in [1.165, 1.54) is 21.9 Å². The molecule has 2 heterocycles. The third kappa shape index (κ3) is 3.74. The molecule has 8 heteroatoms. The lowest BCUT2D eigenvalue weighted by molar-refractivity contribution is 0.0954. The Morgan fingerprint density at radius 1 is 1.35 bits per heavy atom. The molecule has 0 saturated carbocycles. The van der Waals surface area contributed by atoms with Crippen molar-refractivity contribution >= 4 is 45.6 Å². The van der Waals surface area contributed by atoms with Crippen molar-refractivity contribution in [1.82, 2.24) is 14.7 Å². The zero-order valence-corrected chi connectivity index (χ0v) is 14.2. The van der Waals surface area contributed by atoms with Crippen molar-refractivity contribution in [2.75, 3.05) is 12.3 Å². The molecule has 0 bridgehead atoms. The van der Waals surface area contributed by atoms with Gasteiger partial charge in [0, 0.05) is 40.0 Å². The smallest absolute Gasteiger partial charge is 0.271 e. The maximum absolute atomic E-state index is 12.2. The molecule has 0 radical (unpaired) electrons. The average molecular weight is 366 g/mol. The highest BCUT2D eigenvalue weighted by molar-refractivity contribution is 7.99. The minimum absolute atomic E-state index is 0.0531. The molecule has 23 heavy (non-hydrogen) atoms. The molecule has 0 spiro atoms.